The Hall–Kier alpha value is -1.59. The van der Waals surface area contributed by atoms with Crippen molar-refractivity contribution in [1.29, 1.82) is 0 Å². The third-order valence-corrected chi connectivity index (χ3v) is 5.47. The third-order valence-electron chi connectivity index (χ3n) is 3.15. The molecule has 1 aliphatic rings. The first-order valence-corrected chi connectivity index (χ1v) is 9.63. The van der Waals surface area contributed by atoms with Gasteiger partial charge in [-0.25, -0.2) is 0 Å². The van der Waals surface area contributed by atoms with E-state index in [1.807, 2.05) is 66.4 Å². The van der Waals surface area contributed by atoms with Gasteiger partial charge in [0.25, 0.3) is 0 Å². The molecule has 2 aromatic rings. The van der Waals surface area contributed by atoms with Crippen molar-refractivity contribution in [2.45, 2.75) is 6.42 Å². The summed E-state index contributed by atoms with van der Waals surface area (Å²) in [5.74, 6) is 4.63. The van der Waals surface area contributed by atoms with E-state index in [0.717, 1.165) is 29.5 Å². The normalized spacial score (nSPS) is 14.2. The van der Waals surface area contributed by atoms with Crippen LogP contribution >= 0.6 is 23.5 Å². The van der Waals surface area contributed by atoms with Crippen LogP contribution < -0.4 is 9.47 Å². The molecule has 3 rings (SSSR count). The molecule has 0 fully saturated rings. The van der Waals surface area contributed by atoms with E-state index in [1.165, 1.54) is 16.5 Å². The first-order valence-electron chi connectivity index (χ1n) is 7.66. The van der Waals surface area contributed by atoms with Gasteiger partial charge in [-0.1, -0.05) is 41.7 Å². The Kier molecular flexibility index (Phi) is 6.29. The summed E-state index contributed by atoms with van der Waals surface area (Å²) in [6.07, 6.45) is 1.20. The molecule has 1 aliphatic heterocycles. The first-order chi connectivity index (χ1) is 11.4. The van der Waals surface area contributed by atoms with Gasteiger partial charge in [0.15, 0.2) is 0 Å². The van der Waals surface area contributed by atoms with E-state index in [-0.39, 0.29) is 0 Å². The average Bonchev–Trinajstić information content (AvgIpc) is 2.62. The number of benzene rings is 2. The van der Waals surface area contributed by atoms with Gasteiger partial charge in [-0.2, -0.15) is 0 Å². The van der Waals surface area contributed by atoms with Gasteiger partial charge in [0, 0.05) is 18.1 Å². The van der Waals surface area contributed by atoms with Crippen LogP contribution in [0.5, 0.6) is 17.2 Å². The van der Waals surface area contributed by atoms with Crippen molar-refractivity contribution in [3.05, 3.63) is 54.6 Å². The van der Waals surface area contributed by atoms with Crippen LogP contribution in [-0.4, -0.2) is 29.0 Å². The fourth-order valence-electron chi connectivity index (χ4n) is 2.04. The predicted molar refractivity (Wildman–Crippen MR) is 100 cm³/mol. The van der Waals surface area contributed by atoms with Crippen LogP contribution in [-0.2, 0) is 0 Å². The van der Waals surface area contributed by atoms with Crippen molar-refractivity contribution < 1.29 is 9.47 Å². The maximum absolute atomic E-state index is 5.76. The molecule has 0 radical (unpaired) electrons. The SMILES string of the molecule is c1ccc(Oc2ccc(OCCSC3=NCCCS3)cc2)cc1. The van der Waals surface area contributed by atoms with E-state index in [4.69, 9.17) is 9.47 Å². The smallest absolute Gasteiger partial charge is 0.127 e. The molecule has 0 atom stereocenters. The average molecular weight is 345 g/mol. The molecule has 0 saturated heterocycles. The number of aliphatic imine (C=N–C) groups is 1. The number of hydrogen-bond acceptors (Lipinski definition) is 5. The molecule has 0 aromatic heterocycles. The Morgan fingerprint density at radius 1 is 0.957 bits per heavy atom. The summed E-state index contributed by atoms with van der Waals surface area (Å²) in [7, 11) is 0. The van der Waals surface area contributed by atoms with Gasteiger partial charge in [0.05, 0.1) is 6.61 Å². The number of para-hydroxylation sites is 1. The second-order valence-electron chi connectivity index (χ2n) is 4.93. The Balaban J connectivity index is 1.41. The van der Waals surface area contributed by atoms with Crippen LogP contribution in [0.3, 0.4) is 0 Å². The van der Waals surface area contributed by atoms with Crippen LogP contribution in [0.1, 0.15) is 6.42 Å². The standard InChI is InChI=1S/C18H19NO2S2/c1-2-5-16(6-3-1)21-17-9-7-15(8-10-17)20-12-14-23-18-19-11-4-13-22-18/h1-3,5-10H,4,11-14H2. The lowest BCUT2D eigenvalue weighted by Crippen LogP contribution is -2.05. The molecule has 0 amide bonds. The second-order valence-corrected chi connectivity index (χ2v) is 7.36. The van der Waals surface area contributed by atoms with E-state index in [2.05, 4.69) is 4.99 Å². The molecule has 23 heavy (non-hydrogen) atoms. The Morgan fingerprint density at radius 2 is 1.70 bits per heavy atom. The number of hydrogen-bond donors (Lipinski definition) is 0. The fourth-order valence-corrected chi connectivity index (χ4v) is 4.03. The van der Waals surface area contributed by atoms with Crippen molar-refractivity contribution >= 4 is 27.9 Å². The van der Waals surface area contributed by atoms with Crippen molar-refractivity contribution in [2.24, 2.45) is 4.99 Å². The van der Waals surface area contributed by atoms with Crippen LogP contribution in [0.2, 0.25) is 0 Å². The lowest BCUT2D eigenvalue weighted by Gasteiger charge is -2.11. The van der Waals surface area contributed by atoms with E-state index in [9.17, 15) is 0 Å². The van der Waals surface area contributed by atoms with Crippen molar-refractivity contribution in [3.63, 3.8) is 0 Å². The van der Waals surface area contributed by atoms with Crippen LogP contribution in [0.25, 0.3) is 0 Å². The molecule has 0 unspecified atom stereocenters. The predicted octanol–water partition coefficient (Wildman–Crippen LogP) is 5.08. The van der Waals surface area contributed by atoms with Gasteiger partial charge in [-0.15, -0.1) is 0 Å². The van der Waals surface area contributed by atoms with Gasteiger partial charge in [-0.05, 0) is 42.8 Å². The zero-order valence-electron chi connectivity index (χ0n) is 12.8. The van der Waals surface area contributed by atoms with Crippen molar-refractivity contribution in [3.8, 4) is 17.2 Å². The van der Waals surface area contributed by atoms with Gasteiger partial charge in [0.2, 0.25) is 0 Å². The molecule has 3 nitrogen and oxygen atoms in total. The highest BCUT2D eigenvalue weighted by Gasteiger charge is 2.06. The number of ether oxygens (including phenoxy) is 2. The van der Waals surface area contributed by atoms with Crippen LogP contribution in [0, 0.1) is 0 Å². The minimum absolute atomic E-state index is 0.684. The van der Waals surface area contributed by atoms with E-state index in [1.54, 1.807) is 11.8 Å². The molecule has 0 spiro atoms. The lowest BCUT2D eigenvalue weighted by atomic mass is 10.3. The van der Waals surface area contributed by atoms with E-state index in [0.29, 0.717) is 6.61 Å². The summed E-state index contributed by atoms with van der Waals surface area (Å²) < 4.78 is 12.7. The highest BCUT2D eigenvalue weighted by molar-refractivity contribution is 8.38. The zero-order valence-corrected chi connectivity index (χ0v) is 14.4. The molecule has 5 heteroatoms. The first kappa shape index (κ1) is 16.3. The number of thioether (sulfide) groups is 2. The summed E-state index contributed by atoms with van der Waals surface area (Å²) >= 11 is 3.64. The third kappa shape index (κ3) is 5.52. The molecule has 1 heterocycles. The summed E-state index contributed by atoms with van der Waals surface area (Å²) in [5.41, 5.74) is 0. The van der Waals surface area contributed by atoms with Crippen molar-refractivity contribution in [1.82, 2.24) is 0 Å². The summed E-state index contributed by atoms with van der Waals surface area (Å²) in [6.45, 7) is 1.65. The Labute approximate surface area is 145 Å². The number of nitrogens with zero attached hydrogens (tertiary/aromatic N) is 1. The summed E-state index contributed by atoms with van der Waals surface area (Å²) in [4.78, 5) is 4.50. The summed E-state index contributed by atoms with van der Waals surface area (Å²) in [6, 6.07) is 17.5. The number of rotatable bonds is 6. The monoisotopic (exact) mass is 345 g/mol. The van der Waals surface area contributed by atoms with Gasteiger partial charge >= 0.3 is 0 Å². The molecule has 0 N–H and O–H groups in total. The molecular weight excluding hydrogens is 326 g/mol. The van der Waals surface area contributed by atoms with E-state index < -0.39 is 0 Å². The molecule has 0 saturated carbocycles. The highest BCUT2D eigenvalue weighted by Crippen LogP contribution is 2.24. The zero-order chi connectivity index (χ0) is 15.7. The topological polar surface area (TPSA) is 30.8 Å². The molecule has 2 aromatic carbocycles. The molecule has 0 aliphatic carbocycles. The largest absolute Gasteiger partial charge is 0.493 e. The lowest BCUT2D eigenvalue weighted by molar-refractivity contribution is 0.343. The van der Waals surface area contributed by atoms with Crippen molar-refractivity contribution in [2.75, 3.05) is 24.7 Å². The van der Waals surface area contributed by atoms with Crippen LogP contribution in [0.4, 0.5) is 0 Å². The Bertz CT molecular complexity index is 629. The highest BCUT2D eigenvalue weighted by atomic mass is 32.2. The van der Waals surface area contributed by atoms with Gasteiger partial charge in [0.1, 0.15) is 21.6 Å². The van der Waals surface area contributed by atoms with Gasteiger partial charge in [-0.3, -0.25) is 4.99 Å². The fraction of sp³-hybridized carbons (Fsp3) is 0.278. The second kappa shape index (κ2) is 8.89. The minimum Gasteiger partial charge on any atom is -0.493 e. The van der Waals surface area contributed by atoms with Gasteiger partial charge < -0.3 is 9.47 Å². The molecular formula is C18H19NO2S2. The maximum atomic E-state index is 5.76. The maximum Gasteiger partial charge on any atom is 0.127 e. The quantitative estimate of drug-likeness (QED) is 0.683. The molecule has 0 bridgehead atoms. The van der Waals surface area contributed by atoms with Crippen LogP contribution in [0.15, 0.2) is 59.6 Å². The Morgan fingerprint density at radius 3 is 2.43 bits per heavy atom. The van der Waals surface area contributed by atoms with E-state index >= 15 is 0 Å². The minimum atomic E-state index is 0.684. The summed E-state index contributed by atoms with van der Waals surface area (Å²) in [5, 5.41) is 0. The molecule has 120 valence electrons.